The van der Waals surface area contributed by atoms with E-state index in [1.165, 1.54) is 30.1 Å². The number of hydrogen-bond acceptors (Lipinski definition) is 7. The number of halogens is 1. The number of hydrogen-bond donors (Lipinski definition) is 1. The highest BCUT2D eigenvalue weighted by atomic mass is 19.1. The predicted molar refractivity (Wildman–Crippen MR) is 150 cm³/mol. The zero-order chi connectivity index (χ0) is 28.5. The minimum absolute atomic E-state index is 0.0821. The molecule has 0 aliphatic heterocycles. The van der Waals surface area contributed by atoms with Crippen molar-refractivity contribution in [1.29, 1.82) is 0 Å². The van der Waals surface area contributed by atoms with Gasteiger partial charge in [0.15, 0.2) is 17.4 Å². The Labute approximate surface area is 232 Å². The van der Waals surface area contributed by atoms with Crippen molar-refractivity contribution in [1.82, 2.24) is 29.3 Å². The number of methoxy groups -OCH3 is 1. The van der Waals surface area contributed by atoms with Crippen molar-refractivity contribution in [2.45, 2.75) is 26.2 Å². The molecule has 1 N–H and O–H groups in total. The van der Waals surface area contributed by atoms with Crippen molar-refractivity contribution < 1.29 is 13.7 Å². The molecule has 3 aromatic heterocycles. The maximum absolute atomic E-state index is 14.6. The molecule has 3 aromatic carbocycles. The Morgan fingerprint density at radius 3 is 2.49 bits per heavy atom. The maximum atomic E-state index is 14.6. The summed E-state index contributed by atoms with van der Waals surface area (Å²) in [6.45, 7) is 2.03. The van der Waals surface area contributed by atoms with Crippen LogP contribution in [0.3, 0.4) is 0 Å². The van der Waals surface area contributed by atoms with Crippen LogP contribution in [0.5, 0.6) is 5.75 Å². The van der Waals surface area contributed by atoms with Gasteiger partial charge in [0.25, 0.3) is 5.56 Å². The van der Waals surface area contributed by atoms with Crippen LogP contribution in [0.15, 0.2) is 87.2 Å². The Morgan fingerprint density at radius 1 is 1.02 bits per heavy atom. The summed E-state index contributed by atoms with van der Waals surface area (Å²) >= 11 is 0. The molecule has 6 rings (SSSR count). The molecule has 0 atom stereocenters. The van der Waals surface area contributed by atoms with Crippen molar-refractivity contribution >= 4 is 5.78 Å². The molecule has 0 saturated carbocycles. The van der Waals surface area contributed by atoms with E-state index in [4.69, 9.17) is 9.26 Å². The molecular weight excluding hydrogens is 527 g/mol. The van der Waals surface area contributed by atoms with Crippen LogP contribution in [0.2, 0.25) is 0 Å². The van der Waals surface area contributed by atoms with Crippen molar-refractivity contribution in [3.8, 4) is 34.0 Å². The smallest absolute Gasteiger partial charge is 0.439 e. The quantitative estimate of drug-likeness (QED) is 0.293. The van der Waals surface area contributed by atoms with Gasteiger partial charge >= 0.3 is 5.76 Å². The lowest BCUT2D eigenvalue weighted by Crippen LogP contribution is -2.28. The van der Waals surface area contributed by atoms with Gasteiger partial charge < -0.3 is 4.74 Å². The molecule has 0 radical (unpaired) electrons. The first-order valence-electron chi connectivity index (χ1n) is 13.0. The number of rotatable bonds is 8. The minimum Gasteiger partial charge on any atom is -0.494 e. The van der Waals surface area contributed by atoms with Gasteiger partial charge in [0.05, 0.1) is 18.5 Å². The Kier molecular flexibility index (Phi) is 6.76. The van der Waals surface area contributed by atoms with Crippen LogP contribution in [0.25, 0.3) is 34.0 Å². The van der Waals surface area contributed by atoms with Crippen molar-refractivity contribution in [3.05, 3.63) is 117 Å². The number of aromatic nitrogens is 6. The molecule has 0 fully saturated rings. The van der Waals surface area contributed by atoms with E-state index in [-0.39, 0.29) is 11.3 Å². The van der Waals surface area contributed by atoms with Crippen LogP contribution < -0.4 is 16.1 Å². The topological polar surface area (TPSA) is 120 Å². The Hall–Kier alpha value is -5.32. The average molecular weight is 553 g/mol. The fourth-order valence-electron chi connectivity index (χ4n) is 5.05. The van der Waals surface area contributed by atoms with E-state index in [2.05, 4.69) is 20.2 Å². The highest BCUT2D eigenvalue weighted by Gasteiger charge is 2.21. The number of fused-ring (bicyclic) bond motifs is 1. The van der Waals surface area contributed by atoms with Gasteiger partial charge in [0.1, 0.15) is 6.33 Å². The van der Waals surface area contributed by atoms with Crippen LogP contribution >= 0.6 is 0 Å². The van der Waals surface area contributed by atoms with Crippen LogP contribution in [0.4, 0.5) is 4.39 Å². The first kappa shape index (κ1) is 25.9. The molecular formula is C30H25FN6O4. The van der Waals surface area contributed by atoms with Crippen LogP contribution in [-0.4, -0.2) is 36.4 Å². The number of H-pyrrole nitrogens is 1. The Bertz CT molecular complexity index is 1990. The lowest BCUT2D eigenvalue weighted by molar-refractivity contribution is 0.386. The third-order valence-electron chi connectivity index (χ3n) is 6.94. The summed E-state index contributed by atoms with van der Waals surface area (Å²) in [5.74, 6) is -0.474. The van der Waals surface area contributed by atoms with E-state index in [1.54, 1.807) is 10.6 Å². The first-order valence-corrected chi connectivity index (χ1v) is 13.0. The van der Waals surface area contributed by atoms with E-state index in [0.717, 1.165) is 34.4 Å². The van der Waals surface area contributed by atoms with E-state index in [0.29, 0.717) is 35.7 Å². The summed E-state index contributed by atoms with van der Waals surface area (Å²) in [5.41, 5.74) is 4.75. The SMILES string of the molecule is CCCc1c(Cc2ccc(-c3ccccc3-c3noc(=O)[nH]3)cc2)c(=O)n(-c2ccc(OC)c(F)c2)c2ncnn12. The summed E-state index contributed by atoms with van der Waals surface area (Å²) in [6.07, 6.45) is 3.13. The highest BCUT2D eigenvalue weighted by molar-refractivity contribution is 5.80. The van der Waals surface area contributed by atoms with Gasteiger partial charge in [-0.15, -0.1) is 0 Å². The fraction of sp³-hybridized carbons (Fsp3) is 0.167. The van der Waals surface area contributed by atoms with Crippen molar-refractivity contribution in [3.63, 3.8) is 0 Å². The molecule has 0 saturated heterocycles. The minimum atomic E-state index is -0.625. The van der Waals surface area contributed by atoms with Crippen molar-refractivity contribution in [2.75, 3.05) is 7.11 Å². The summed E-state index contributed by atoms with van der Waals surface area (Å²) in [5, 5.41) is 8.23. The van der Waals surface area contributed by atoms with Crippen molar-refractivity contribution in [2.24, 2.45) is 0 Å². The number of benzene rings is 3. The van der Waals surface area contributed by atoms with Crippen LogP contribution in [0, 0.1) is 5.82 Å². The predicted octanol–water partition coefficient (Wildman–Crippen LogP) is 4.58. The van der Waals surface area contributed by atoms with Gasteiger partial charge in [-0.3, -0.25) is 14.3 Å². The largest absolute Gasteiger partial charge is 0.494 e. The molecule has 0 bridgehead atoms. The summed E-state index contributed by atoms with van der Waals surface area (Å²) in [6, 6.07) is 19.7. The molecule has 206 valence electrons. The number of nitrogens with zero attached hydrogens (tertiary/aromatic N) is 5. The molecule has 0 amide bonds. The zero-order valence-electron chi connectivity index (χ0n) is 22.3. The molecule has 0 spiro atoms. The molecule has 0 aliphatic rings. The normalized spacial score (nSPS) is 11.3. The zero-order valence-corrected chi connectivity index (χ0v) is 22.3. The average Bonchev–Trinajstić information content (AvgIpc) is 3.65. The standard InChI is InChI=1S/C30H25FN6O4/c1-3-6-25-23(28(38)36(29-32-17-33-37(25)29)20-13-14-26(40-2)24(31)16-20)15-18-9-11-19(12-10-18)21-7-4-5-8-22(21)27-34-30(39)41-35-27/h4-5,7-14,16-17H,3,6,15H2,1-2H3,(H,34,35,39). The molecule has 6 aromatic rings. The molecule has 11 heteroatoms. The van der Waals surface area contributed by atoms with Gasteiger partial charge in [-0.25, -0.2) is 18.3 Å². The highest BCUT2D eigenvalue weighted by Crippen LogP contribution is 2.30. The molecule has 10 nitrogen and oxygen atoms in total. The lowest BCUT2D eigenvalue weighted by Gasteiger charge is -2.16. The molecule has 41 heavy (non-hydrogen) atoms. The second-order valence-corrected chi connectivity index (χ2v) is 9.47. The molecule has 0 aliphatic carbocycles. The van der Waals surface area contributed by atoms with Gasteiger partial charge in [0, 0.05) is 23.6 Å². The van der Waals surface area contributed by atoms with Crippen LogP contribution in [0.1, 0.15) is 30.2 Å². The summed E-state index contributed by atoms with van der Waals surface area (Å²) < 4.78 is 27.4. The Balaban J connectivity index is 1.43. The van der Waals surface area contributed by atoms with Gasteiger partial charge in [0.2, 0.25) is 5.78 Å². The van der Waals surface area contributed by atoms with Gasteiger partial charge in [-0.1, -0.05) is 67.0 Å². The number of aromatic amines is 1. The molecule has 0 unspecified atom stereocenters. The second-order valence-electron chi connectivity index (χ2n) is 9.47. The lowest BCUT2D eigenvalue weighted by atomic mass is 9.96. The first-order chi connectivity index (χ1) is 20.0. The Morgan fingerprint density at radius 2 is 1.80 bits per heavy atom. The summed E-state index contributed by atoms with van der Waals surface area (Å²) in [7, 11) is 1.39. The second kappa shape index (κ2) is 10.7. The maximum Gasteiger partial charge on any atom is 0.439 e. The monoisotopic (exact) mass is 552 g/mol. The van der Waals surface area contributed by atoms with E-state index >= 15 is 0 Å². The molecule has 3 heterocycles. The third kappa shape index (κ3) is 4.71. The number of nitrogens with one attached hydrogen (secondary N) is 1. The fourth-order valence-corrected chi connectivity index (χ4v) is 5.05. The van der Waals surface area contributed by atoms with E-state index in [9.17, 15) is 14.0 Å². The summed E-state index contributed by atoms with van der Waals surface area (Å²) in [4.78, 5) is 32.5. The van der Waals surface area contributed by atoms with Gasteiger partial charge in [-0.2, -0.15) is 10.1 Å². The van der Waals surface area contributed by atoms with E-state index < -0.39 is 11.6 Å². The third-order valence-corrected chi connectivity index (χ3v) is 6.94. The van der Waals surface area contributed by atoms with E-state index in [1.807, 2.05) is 55.5 Å². The van der Waals surface area contributed by atoms with Gasteiger partial charge in [-0.05, 0) is 35.2 Å². The number of aryl methyl sites for hydroxylation is 1. The number of ether oxygens (including phenoxy) is 1. The van der Waals surface area contributed by atoms with Crippen LogP contribution in [-0.2, 0) is 12.8 Å².